The van der Waals surface area contributed by atoms with E-state index < -0.39 is 0 Å². The highest BCUT2D eigenvalue weighted by Gasteiger charge is 2.46. The van der Waals surface area contributed by atoms with Crippen LogP contribution in [0.3, 0.4) is 0 Å². The second-order valence-corrected chi connectivity index (χ2v) is 23.7. The highest BCUT2D eigenvalue weighted by Crippen LogP contribution is 2.56. The fraction of sp³-hybridized carbons (Fsp3) is 0.446. The molecule has 3 heterocycles. The van der Waals surface area contributed by atoms with E-state index in [-0.39, 0.29) is 11.6 Å². The molecular weight excluding hydrogens is 869 g/mol. The van der Waals surface area contributed by atoms with Crippen LogP contribution >= 0.6 is 11.3 Å². The van der Waals surface area contributed by atoms with Crippen LogP contribution in [-0.2, 0) is 6.42 Å². The number of amidine groups is 2. The van der Waals surface area contributed by atoms with Gasteiger partial charge in [-0.15, -0.1) is 11.3 Å². The van der Waals surface area contributed by atoms with Crippen molar-refractivity contribution in [3.63, 3.8) is 0 Å². The number of hydrogen-bond donors (Lipinski definition) is 0. The maximum Gasteiger partial charge on any atom is 0.159 e. The van der Waals surface area contributed by atoms with E-state index in [1.165, 1.54) is 125 Å². The van der Waals surface area contributed by atoms with Gasteiger partial charge in [0.2, 0.25) is 0 Å². The predicted octanol–water partition coefficient (Wildman–Crippen LogP) is 16.8. The molecule has 0 amide bonds. The van der Waals surface area contributed by atoms with Crippen LogP contribution in [0.2, 0.25) is 0 Å². The van der Waals surface area contributed by atoms with E-state index in [9.17, 15) is 0 Å². The number of aliphatic imine (C=N–C) groups is 2. The lowest BCUT2D eigenvalue weighted by Crippen LogP contribution is -2.51. The van der Waals surface area contributed by atoms with Gasteiger partial charge in [0.1, 0.15) is 12.0 Å². The minimum Gasteiger partial charge on any atom is -0.341 e. The van der Waals surface area contributed by atoms with Crippen molar-refractivity contribution in [1.29, 1.82) is 0 Å². The van der Waals surface area contributed by atoms with Crippen LogP contribution in [0, 0.1) is 29.1 Å². The number of benzene rings is 2. The predicted molar refractivity (Wildman–Crippen MR) is 297 cm³/mol. The van der Waals surface area contributed by atoms with Crippen LogP contribution in [-0.4, -0.2) is 40.7 Å². The summed E-state index contributed by atoms with van der Waals surface area (Å²) < 4.78 is 1.42. The maximum absolute atomic E-state index is 5.95. The lowest BCUT2D eigenvalue weighted by atomic mass is 9.73. The van der Waals surface area contributed by atoms with Crippen LogP contribution in [0.4, 0.5) is 0 Å². The molecule has 358 valence electrons. The summed E-state index contributed by atoms with van der Waals surface area (Å²) >= 11 is 2.07. The number of nitrogens with zero attached hydrogens (tertiary/aromatic N) is 4. The van der Waals surface area contributed by atoms with Gasteiger partial charge < -0.3 is 9.80 Å². The Bertz CT molecular complexity index is 2970. The number of hydrogen-bond acceptors (Lipinski definition) is 5. The SMILES string of the molecule is CN1C(C2(C)CCCCC2)=NC(c2cc(C3=CC(C4=CCCC=C4)CC=C3C3C=CC=CC3)ccc2-c2cccc3sc4c(c23)CCC2=C4C3CC=CCC3N2C2=CCCC=C2)=NC1C1CCCCC1. The first-order chi connectivity index (χ1) is 34.5. The molecule has 5 heteroatoms. The molecule has 2 aromatic carbocycles. The molecule has 2 fully saturated rings. The van der Waals surface area contributed by atoms with Crippen molar-refractivity contribution >= 4 is 44.2 Å². The van der Waals surface area contributed by atoms with Gasteiger partial charge in [-0.05, 0) is 159 Å². The molecule has 2 aliphatic heterocycles. The maximum atomic E-state index is 5.95. The molecular formula is C65H72N4S. The summed E-state index contributed by atoms with van der Waals surface area (Å²) in [6, 6.07) is 15.3. The zero-order chi connectivity index (χ0) is 46.8. The first-order valence-corrected chi connectivity index (χ1v) is 28.6. The summed E-state index contributed by atoms with van der Waals surface area (Å²) in [5, 5.41) is 1.47. The van der Waals surface area contributed by atoms with Crippen molar-refractivity contribution in [2.24, 2.45) is 39.1 Å². The number of allylic oxidation sites excluding steroid dienone is 17. The van der Waals surface area contributed by atoms with Crippen molar-refractivity contribution in [2.45, 2.75) is 148 Å². The molecule has 2 saturated carbocycles. The molecule has 0 saturated heterocycles. The zero-order valence-corrected chi connectivity index (χ0v) is 42.7. The molecule has 4 nitrogen and oxygen atoms in total. The second-order valence-electron chi connectivity index (χ2n) is 22.7. The molecule has 5 atom stereocenters. The van der Waals surface area contributed by atoms with E-state index in [4.69, 9.17) is 9.98 Å². The van der Waals surface area contributed by atoms with Gasteiger partial charge >= 0.3 is 0 Å². The molecule has 0 bridgehead atoms. The minimum atomic E-state index is 0.0403. The third kappa shape index (κ3) is 7.83. The lowest BCUT2D eigenvalue weighted by molar-refractivity contribution is 0.184. The van der Waals surface area contributed by atoms with Gasteiger partial charge in [-0.2, -0.15) is 0 Å². The first-order valence-electron chi connectivity index (χ1n) is 27.8. The number of fused-ring (bicyclic) bond motifs is 6. The molecule has 70 heavy (non-hydrogen) atoms. The summed E-state index contributed by atoms with van der Waals surface area (Å²) in [6.07, 6.45) is 58.0. The van der Waals surface area contributed by atoms with Crippen molar-refractivity contribution in [3.05, 3.63) is 166 Å². The molecule has 5 unspecified atom stereocenters. The molecule has 3 aromatic rings. The molecule has 8 aliphatic carbocycles. The molecule has 0 radical (unpaired) electrons. The Balaban J connectivity index is 1.01. The normalized spacial score (nSPS) is 28.5. The first kappa shape index (κ1) is 44.7. The number of rotatable bonds is 8. The zero-order valence-electron chi connectivity index (χ0n) is 41.9. The van der Waals surface area contributed by atoms with E-state index in [1.807, 2.05) is 0 Å². The average molecular weight is 941 g/mol. The van der Waals surface area contributed by atoms with Gasteiger partial charge in [0.15, 0.2) is 5.84 Å². The summed E-state index contributed by atoms with van der Waals surface area (Å²) in [7, 11) is 2.35. The smallest absolute Gasteiger partial charge is 0.159 e. The average Bonchev–Trinajstić information content (AvgIpc) is 3.98. The van der Waals surface area contributed by atoms with E-state index in [1.54, 1.807) is 21.7 Å². The molecule has 1 aromatic heterocycles. The highest BCUT2D eigenvalue weighted by atomic mass is 32.1. The van der Waals surface area contributed by atoms with E-state index in [2.05, 4.69) is 157 Å². The van der Waals surface area contributed by atoms with Crippen LogP contribution in [0.15, 0.2) is 154 Å². The Morgan fingerprint density at radius 2 is 1.57 bits per heavy atom. The summed E-state index contributed by atoms with van der Waals surface area (Å²) in [6.45, 7) is 2.53. The largest absolute Gasteiger partial charge is 0.341 e. The summed E-state index contributed by atoms with van der Waals surface area (Å²) in [5.41, 5.74) is 15.8. The van der Waals surface area contributed by atoms with Crippen molar-refractivity contribution < 1.29 is 0 Å². The van der Waals surface area contributed by atoms with Gasteiger partial charge in [0, 0.05) is 68.2 Å². The van der Waals surface area contributed by atoms with E-state index in [0.29, 0.717) is 29.7 Å². The molecule has 10 aliphatic rings. The third-order valence-electron chi connectivity index (χ3n) is 18.4. The Labute approximate surface area is 422 Å². The Morgan fingerprint density at radius 1 is 0.729 bits per heavy atom. The van der Waals surface area contributed by atoms with Crippen molar-refractivity contribution in [3.8, 4) is 11.1 Å². The Kier molecular flexibility index (Phi) is 12.0. The summed E-state index contributed by atoms with van der Waals surface area (Å²) in [5.74, 6) is 4.06. The number of aryl methyl sites for hydroxylation is 1. The highest BCUT2D eigenvalue weighted by molar-refractivity contribution is 7.20. The topological polar surface area (TPSA) is 31.2 Å². The molecule has 0 N–H and O–H groups in total. The molecule has 0 spiro atoms. The Morgan fingerprint density at radius 3 is 2.39 bits per heavy atom. The fourth-order valence-corrected chi connectivity index (χ4v) is 16.2. The minimum absolute atomic E-state index is 0.0403. The van der Waals surface area contributed by atoms with Gasteiger partial charge in [-0.3, -0.25) is 0 Å². The van der Waals surface area contributed by atoms with Crippen LogP contribution < -0.4 is 0 Å². The standard InChI is InChI=1S/C65H72N4S/c1-65(39-18-7-19-40-65)64-67-62(66-63(68(64)2)45-25-12-5-13-26-45)55-42-47(54-41-46(43-21-8-3-9-22-43)33-35-49(54)44-23-10-4-11-24-44)34-36-50(55)51-30-20-32-58-59(51)53-37-38-57-60(61(53)70-58)52-29-16-17-31-56(52)69(57)48-27-14-6-15-28-48/h4,8,10-11,14,16-17,20-23,27-28,30,32,34-36,41-42,44-46,52,56,63H,3,5-7,9,12-13,15,18-19,24-26,29,31,33,37-40H2,1-2H3. The van der Waals surface area contributed by atoms with Crippen molar-refractivity contribution in [2.75, 3.05) is 7.05 Å². The van der Waals surface area contributed by atoms with Crippen LogP contribution in [0.5, 0.6) is 0 Å². The van der Waals surface area contributed by atoms with E-state index in [0.717, 1.165) is 70.0 Å². The number of thiophene rings is 1. The van der Waals surface area contributed by atoms with E-state index >= 15 is 0 Å². The van der Waals surface area contributed by atoms with Crippen LogP contribution in [0.1, 0.15) is 150 Å². The quantitative estimate of drug-likeness (QED) is 0.211. The van der Waals surface area contributed by atoms with Crippen LogP contribution in [0.25, 0.3) is 32.4 Å². The summed E-state index contributed by atoms with van der Waals surface area (Å²) in [4.78, 5) is 18.8. The third-order valence-corrected chi connectivity index (χ3v) is 19.6. The molecule has 13 rings (SSSR count). The van der Waals surface area contributed by atoms with Gasteiger partial charge in [0.05, 0.1) is 0 Å². The Hall–Kier alpha value is -5.26. The van der Waals surface area contributed by atoms with Gasteiger partial charge in [-0.25, -0.2) is 9.98 Å². The van der Waals surface area contributed by atoms with Crippen molar-refractivity contribution in [1.82, 2.24) is 9.80 Å². The monoisotopic (exact) mass is 941 g/mol. The fourth-order valence-electron chi connectivity index (χ4n) is 14.8. The van der Waals surface area contributed by atoms with Gasteiger partial charge in [-0.1, -0.05) is 149 Å². The van der Waals surface area contributed by atoms with Gasteiger partial charge in [0.25, 0.3) is 0 Å². The second kappa shape index (κ2) is 18.7. The lowest BCUT2D eigenvalue weighted by Gasteiger charge is -2.45.